The maximum Gasteiger partial charge on any atom is 0.231 e. The van der Waals surface area contributed by atoms with Crippen molar-refractivity contribution in [3.8, 4) is 22.8 Å². The minimum atomic E-state index is -0.470. The third kappa shape index (κ3) is 4.36. The van der Waals surface area contributed by atoms with Crippen molar-refractivity contribution in [3.05, 3.63) is 52.9 Å². The minimum Gasteiger partial charge on any atom is -0.496 e. The molecule has 0 saturated carbocycles. The second-order valence-corrected chi connectivity index (χ2v) is 7.72. The molecule has 0 aliphatic carbocycles. The minimum absolute atomic E-state index is 0.217. The lowest BCUT2D eigenvalue weighted by Gasteiger charge is -2.24. The quantitative estimate of drug-likeness (QED) is 0.334. The first kappa shape index (κ1) is 23.7. The lowest BCUT2D eigenvalue weighted by atomic mass is 10.1. The Bertz CT molecular complexity index is 1310. The maximum absolute atomic E-state index is 15.0. The molecule has 2 heterocycles. The first-order valence-corrected chi connectivity index (χ1v) is 11.2. The van der Waals surface area contributed by atoms with Crippen LogP contribution in [0.3, 0.4) is 0 Å². The fraction of sp³-hybridized carbons (Fsp3) is 0.292. The Labute approximate surface area is 201 Å². The number of hydrogen-bond acceptors (Lipinski definition) is 7. The van der Waals surface area contributed by atoms with Crippen LogP contribution >= 0.6 is 11.6 Å². The normalized spacial score (nSPS) is 11.1. The van der Waals surface area contributed by atoms with Crippen LogP contribution in [0.5, 0.6) is 11.5 Å². The predicted octanol–water partition coefficient (Wildman–Crippen LogP) is 5.52. The average Bonchev–Trinajstić information content (AvgIpc) is 3.32. The summed E-state index contributed by atoms with van der Waals surface area (Å²) in [6.45, 7) is 5.31. The number of ether oxygens (including phenoxy) is 3. The van der Waals surface area contributed by atoms with E-state index in [1.807, 2.05) is 30.9 Å². The van der Waals surface area contributed by atoms with Crippen molar-refractivity contribution in [2.75, 3.05) is 32.3 Å². The zero-order valence-corrected chi connectivity index (χ0v) is 20.1. The molecule has 8 nitrogen and oxygen atoms in total. The number of anilines is 2. The van der Waals surface area contributed by atoms with Gasteiger partial charge >= 0.3 is 0 Å². The van der Waals surface area contributed by atoms with Crippen molar-refractivity contribution in [3.63, 3.8) is 0 Å². The molecule has 4 aromatic rings. The van der Waals surface area contributed by atoms with Gasteiger partial charge in [-0.05, 0) is 32.0 Å². The van der Waals surface area contributed by atoms with E-state index in [4.69, 9.17) is 30.8 Å². The summed E-state index contributed by atoms with van der Waals surface area (Å²) in [7, 11) is 3.08. The van der Waals surface area contributed by atoms with Gasteiger partial charge in [0.15, 0.2) is 0 Å². The molecule has 0 aliphatic rings. The van der Waals surface area contributed by atoms with Crippen molar-refractivity contribution >= 4 is 34.3 Å². The lowest BCUT2D eigenvalue weighted by Crippen LogP contribution is -2.20. The highest BCUT2D eigenvalue weighted by molar-refractivity contribution is 6.33. The molecule has 0 atom stereocenters. The first-order valence-electron chi connectivity index (χ1n) is 10.8. The molecule has 0 saturated heterocycles. The molecule has 0 amide bonds. The van der Waals surface area contributed by atoms with E-state index < -0.39 is 5.82 Å². The van der Waals surface area contributed by atoms with Crippen LogP contribution < -0.4 is 14.4 Å². The SMILES string of the molecule is CCOCc1cc(Cl)c(N(CC)c2nc(-c3c(F)cccc3OC)c3[nH]ncc3n2)cc1OC. The smallest absolute Gasteiger partial charge is 0.231 e. The second kappa shape index (κ2) is 10.2. The third-order valence-corrected chi connectivity index (χ3v) is 5.68. The molecule has 10 heteroatoms. The van der Waals surface area contributed by atoms with Gasteiger partial charge in [0.2, 0.25) is 5.95 Å². The van der Waals surface area contributed by atoms with Gasteiger partial charge in [0.25, 0.3) is 0 Å². The Balaban J connectivity index is 1.89. The lowest BCUT2D eigenvalue weighted by molar-refractivity contribution is 0.132. The van der Waals surface area contributed by atoms with Crippen molar-refractivity contribution in [2.45, 2.75) is 20.5 Å². The standard InChI is InChI=1S/C24H25ClFN5O3/c1-5-31(18-11-20(33-4)14(10-15(18)25)13-34-6-2)24-28-17-12-27-30-22(17)23(29-24)21-16(26)8-7-9-19(21)32-3/h7-12H,5-6,13H2,1-4H3,(H,27,30). The number of H-pyrrole nitrogens is 1. The van der Waals surface area contributed by atoms with E-state index in [2.05, 4.69) is 15.2 Å². The number of hydrogen-bond donors (Lipinski definition) is 1. The number of nitrogens with one attached hydrogen (secondary N) is 1. The fourth-order valence-electron chi connectivity index (χ4n) is 3.76. The van der Waals surface area contributed by atoms with Crippen LogP contribution in [0.4, 0.5) is 16.0 Å². The molecule has 2 aromatic heterocycles. The Morgan fingerprint density at radius 3 is 2.59 bits per heavy atom. The number of halogens is 2. The van der Waals surface area contributed by atoms with Gasteiger partial charge in [-0.1, -0.05) is 17.7 Å². The second-order valence-electron chi connectivity index (χ2n) is 7.32. The Morgan fingerprint density at radius 2 is 1.88 bits per heavy atom. The Morgan fingerprint density at radius 1 is 1.09 bits per heavy atom. The zero-order chi connectivity index (χ0) is 24.2. The highest BCUT2D eigenvalue weighted by Gasteiger charge is 2.23. The van der Waals surface area contributed by atoms with Gasteiger partial charge in [0.1, 0.15) is 34.0 Å². The average molecular weight is 486 g/mol. The van der Waals surface area contributed by atoms with Gasteiger partial charge in [-0.2, -0.15) is 5.10 Å². The third-order valence-electron chi connectivity index (χ3n) is 5.38. The summed E-state index contributed by atoms with van der Waals surface area (Å²) in [6.07, 6.45) is 1.57. The van der Waals surface area contributed by atoms with Crippen LogP contribution in [0.25, 0.3) is 22.3 Å². The van der Waals surface area contributed by atoms with E-state index in [9.17, 15) is 4.39 Å². The van der Waals surface area contributed by atoms with Crippen LogP contribution in [0.2, 0.25) is 5.02 Å². The Kier molecular flexibility index (Phi) is 7.14. The van der Waals surface area contributed by atoms with Crippen molar-refractivity contribution in [2.24, 2.45) is 0 Å². The number of benzene rings is 2. The van der Waals surface area contributed by atoms with Crippen LogP contribution in [-0.4, -0.2) is 47.5 Å². The zero-order valence-electron chi connectivity index (χ0n) is 19.4. The van der Waals surface area contributed by atoms with E-state index in [0.717, 1.165) is 5.56 Å². The molecule has 0 aliphatic heterocycles. The molecule has 34 heavy (non-hydrogen) atoms. The molecular formula is C24H25ClFN5O3. The van der Waals surface area contributed by atoms with Crippen LogP contribution in [-0.2, 0) is 11.3 Å². The topological polar surface area (TPSA) is 85.4 Å². The highest BCUT2D eigenvalue weighted by atomic mass is 35.5. The van der Waals surface area contributed by atoms with Crippen molar-refractivity contribution < 1.29 is 18.6 Å². The molecule has 0 spiro atoms. The number of aromatic amines is 1. The van der Waals surface area contributed by atoms with Crippen LogP contribution in [0.1, 0.15) is 19.4 Å². The van der Waals surface area contributed by atoms with Gasteiger partial charge in [-0.3, -0.25) is 5.10 Å². The van der Waals surface area contributed by atoms with E-state index in [1.54, 1.807) is 25.4 Å². The molecule has 0 bridgehead atoms. The highest BCUT2D eigenvalue weighted by Crippen LogP contribution is 2.39. The number of nitrogens with zero attached hydrogens (tertiary/aromatic N) is 4. The summed E-state index contributed by atoms with van der Waals surface area (Å²) in [5.74, 6) is 0.844. The molecule has 2 aromatic carbocycles. The summed E-state index contributed by atoms with van der Waals surface area (Å²) in [5.41, 5.74) is 3.06. The van der Waals surface area contributed by atoms with Gasteiger partial charge in [-0.25, -0.2) is 14.4 Å². The molecule has 0 fully saturated rings. The Hall–Kier alpha value is -3.43. The molecule has 0 radical (unpaired) electrons. The first-order chi connectivity index (χ1) is 16.5. The van der Waals surface area contributed by atoms with E-state index in [1.165, 1.54) is 13.2 Å². The van der Waals surface area contributed by atoms with Gasteiger partial charge in [0, 0.05) is 24.8 Å². The largest absolute Gasteiger partial charge is 0.496 e. The maximum atomic E-state index is 15.0. The molecule has 1 N–H and O–H groups in total. The molecule has 0 unspecified atom stereocenters. The number of fused-ring (bicyclic) bond motifs is 1. The van der Waals surface area contributed by atoms with Crippen molar-refractivity contribution in [1.29, 1.82) is 0 Å². The predicted molar refractivity (Wildman–Crippen MR) is 130 cm³/mol. The van der Waals surface area contributed by atoms with Crippen LogP contribution in [0.15, 0.2) is 36.5 Å². The fourth-order valence-corrected chi connectivity index (χ4v) is 4.05. The van der Waals surface area contributed by atoms with E-state index >= 15 is 0 Å². The number of methoxy groups -OCH3 is 2. The molecule has 4 rings (SSSR count). The van der Waals surface area contributed by atoms with Crippen LogP contribution in [0, 0.1) is 5.82 Å². The number of rotatable bonds is 9. The summed E-state index contributed by atoms with van der Waals surface area (Å²) in [6, 6.07) is 8.26. The van der Waals surface area contributed by atoms with Gasteiger partial charge in [-0.15, -0.1) is 0 Å². The summed E-state index contributed by atoms with van der Waals surface area (Å²) in [4.78, 5) is 11.2. The molecular weight excluding hydrogens is 461 g/mol. The van der Waals surface area contributed by atoms with E-state index in [0.29, 0.717) is 64.6 Å². The monoisotopic (exact) mass is 485 g/mol. The van der Waals surface area contributed by atoms with E-state index in [-0.39, 0.29) is 5.56 Å². The van der Waals surface area contributed by atoms with Crippen molar-refractivity contribution in [1.82, 2.24) is 20.2 Å². The van der Waals surface area contributed by atoms with Gasteiger partial charge < -0.3 is 19.1 Å². The number of aromatic nitrogens is 4. The van der Waals surface area contributed by atoms with Gasteiger partial charge in [0.05, 0.1) is 43.3 Å². The molecule has 178 valence electrons. The summed E-state index contributed by atoms with van der Waals surface area (Å²) in [5, 5.41) is 7.44. The summed E-state index contributed by atoms with van der Waals surface area (Å²) >= 11 is 6.68. The summed E-state index contributed by atoms with van der Waals surface area (Å²) < 4.78 is 31.5.